The fourth-order valence-corrected chi connectivity index (χ4v) is 8.25. The van der Waals surface area contributed by atoms with Gasteiger partial charge in [-0.15, -0.1) is 0 Å². The van der Waals surface area contributed by atoms with Crippen LogP contribution in [0.3, 0.4) is 0 Å². The van der Waals surface area contributed by atoms with Gasteiger partial charge in [0, 0.05) is 16.5 Å². The van der Waals surface area contributed by atoms with Gasteiger partial charge in [0.05, 0.1) is 30.9 Å². The number of thioether (sulfide) groups is 1. The van der Waals surface area contributed by atoms with Crippen LogP contribution >= 0.6 is 23.1 Å². The normalized spacial score (nSPS) is 19.3. The predicted octanol–water partition coefficient (Wildman–Crippen LogP) is 4.67. The van der Waals surface area contributed by atoms with Crippen molar-refractivity contribution in [1.82, 2.24) is 4.57 Å². The third-order valence-electron chi connectivity index (χ3n) is 7.47. The fraction of sp³-hybridized carbons (Fsp3) is 0.226. The fourth-order valence-electron chi connectivity index (χ4n) is 5.47. The summed E-state index contributed by atoms with van der Waals surface area (Å²) in [5.74, 6) is -1.46. The minimum Gasteiger partial charge on any atom is -0.493 e. The molecule has 1 aromatic heterocycles. The van der Waals surface area contributed by atoms with Crippen LogP contribution in [0.4, 0.5) is 11.4 Å². The number of ether oxygens (including phenoxy) is 2. The van der Waals surface area contributed by atoms with Gasteiger partial charge in [0.1, 0.15) is 11.8 Å². The lowest BCUT2D eigenvalue weighted by atomic mass is 9.83. The van der Waals surface area contributed by atoms with Gasteiger partial charge in [-0.05, 0) is 48.9 Å². The highest BCUT2D eigenvalue weighted by atomic mass is 32.2. The van der Waals surface area contributed by atoms with E-state index in [0.717, 1.165) is 16.9 Å². The molecule has 2 unspecified atom stereocenters. The first-order valence-corrected chi connectivity index (χ1v) is 14.9. The molecule has 9 nitrogen and oxygen atoms in total. The second-order valence-corrected chi connectivity index (χ2v) is 12.2. The number of imide groups is 1. The number of carbonyl (C=O) groups excluding carboxylic acids is 3. The highest BCUT2D eigenvalue weighted by molar-refractivity contribution is 8.00. The quantitative estimate of drug-likeness (QED) is 0.307. The van der Waals surface area contributed by atoms with Crippen LogP contribution in [0.15, 0.2) is 82.6 Å². The molecule has 1 saturated heterocycles. The summed E-state index contributed by atoms with van der Waals surface area (Å²) in [4.78, 5) is 55.9. The molecule has 1 fully saturated rings. The number of fused-ring (bicyclic) bond motifs is 2. The molecule has 2 aliphatic rings. The van der Waals surface area contributed by atoms with Gasteiger partial charge in [0.15, 0.2) is 11.5 Å². The summed E-state index contributed by atoms with van der Waals surface area (Å²) in [7, 11) is 3.06. The van der Waals surface area contributed by atoms with E-state index in [1.165, 1.54) is 35.4 Å². The Morgan fingerprint density at radius 3 is 2.31 bits per heavy atom. The minimum atomic E-state index is -0.790. The zero-order chi connectivity index (χ0) is 29.5. The lowest BCUT2D eigenvalue weighted by molar-refractivity contribution is -0.122. The van der Waals surface area contributed by atoms with Crippen LogP contribution < -0.4 is 24.6 Å². The third-order valence-corrected chi connectivity index (χ3v) is 10.1. The number of nitrogens with zero attached hydrogens (tertiary/aromatic N) is 2. The number of hydrogen-bond donors (Lipinski definition) is 1. The molecule has 0 spiro atoms. The molecular weight excluding hydrogens is 574 g/mol. The van der Waals surface area contributed by atoms with Crippen molar-refractivity contribution < 1.29 is 23.9 Å². The number of hydrogen-bond acceptors (Lipinski definition) is 8. The topological polar surface area (TPSA) is 107 Å². The number of aromatic nitrogens is 1. The van der Waals surface area contributed by atoms with Crippen LogP contribution in [0.25, 0.3) is 0 Å². The number of anilines is 2. The highest BCUT2D eigenvalue weighted by Gasteiger charge is 2.57. The van der Waals surface area contributed by atoms with Gasteiger partial charge < -0.3 is 14.8 Å². The summed E-state index contributed by atoms with van der Waals surface area (Å²) in [5, 5.41) is 2.54. The Kier molecular flexibility index (Phi) is 7.38. The summed E-state index contributed by atoms with van der Waals surface area (Å²) in [5.41, 5.74) is 2.83. The van der Waals surface area contributed by atoms with Crippen LogP contribution in [0, 0.1) is 12.8 Å². The largest absolute Gasteiger partial charge is 0.493 e. The first kappa shape index (κ1) is 27.8. The molecule has 3 atom stereocenters. The Morgan fingerprint density at radius 2 is 1.62 bits per heavy atom. The van der Waals surface area contributed by atoms with Crippen LogP contribution in [0.5, 0.6) is 11.5 Å². The van der Waals surface area contributed by atoms with E-state index in [4.69, 9.17) is 9.47 Å². The minimum absolute atomic E-state index is 0.230. The predicted molar refractivity (Wildman–Crippen MR) is 162 cm³/mol. The summed E-state index contributed by atoms with van der Waals surface area (Å²) < 4.78 is 12.4. The number of rotatable bonds is 7. The van der Waals surface area contributed by atoms with Gasteiger partial charge in [0.2, 0.25) is 17.7 Å². The highest BCUT2D eigenvalue weighted by Crippen LogP contribution is 2.54. The molecule has 0 saturated carbocycles. The lowest BCUT2D eigenvalue weighted by Crippen LogP contribution is -2.33. The number of benzene rings is 3. The SMILES string of the molecule is COc1ccc([C@@H]2c3sc(=O)n(CC(=O)Nc4ccccc4)c3SC3C(=O)N(c4ccc(C)cc4)C(=O)C32)cc1OC. The number of amides is 3. The molecule has 214 valence electrons. The maximum Gasteiger partial charge on any atom is 0.308 e. The molecule has 42 heavy (non-hydrogen) atoms. The number of para-hydroxylation sites is 1. The summed E-state index contributed by atoms with van der Waals surface area (Å²) in [6, 6.07) is 21.6. The van der Waals surface area contributed by atoms with E-state index in [1.807, 2.05) is 31.2 Å². The zero-order valence-electron chi connectivity index (χ0n) is 23.0. The monoisotopic (exact) mass is 601 g/mol. The first-order valence-electron chi connectivity index (χ1n) is 13.2. The molecule has 3 heterocycles. The van der Waals surface area contributed by atoms with E-state index in [-0.39, 0.29) is 29.1 Å². The Balaban J connectivity index is 1.45. The van der Waals surface area contributed by atoms with E-state index < -0.39 is 17.1 Å². The van der Waals surface area contributed by atoms with Crippen LogP contribution in [-0.4, -0.2) is 41.8 Å². The van der Waals surface area contributed by atoms with Crippen molar-refractivity contribution in [2.24, 2.45) is 5.92 Å². The number of aryl methyl sites for hydroxylation is 1. The molecule has 2 aliphatic heterocycles. The van der Waals surface area contributed by atoms with Crippen molar-refractivity contribution in [2.75, 3.05) is 24.4 Å². The van der Waals surface area contributed by atoms with E-state index in [1.54, 1.807) is 48.5 Å². The van der Waals surface area contributed by atoms with Gasteiger partial charge in [-0.3, -0.25) is 23.7 Å². The zero-order valence-corrected chi connectivity index (χ0v) is 24.7. The van der Waals surface area contributed by atoms with Crippen LogP contribution in [0.2, 0.25) is 0 Å². The van der Waals surface area contributed by atoms with Gasteiger partial charge in [-0.25, -0.2) is 4.90 Å². The van der Waals surface area contributed by atoms with E-state index in [2.05, 4.69) is 5.32 Å². The second kappa shape index (κ2) is 11.1. The second-order valence-electron chi connectivity index (χ2n) is 10.0. The summed E-state index contributed by atoms with van der Waals surface area (Å²) >= 11 is 2.17. The molecule has 6 rings (SSSR count). The Morgan fingerprint density at radius 1 is 0.905 bits per heavy atom. The van der Waals surface area contributed by atoms with Gasteiger partial charge >= 0.3 is 4.87 Å². The van der Waals surface area contributed by atoms with Crippen molar-refractivity contribution in [3.63, 3.8) is 0 Å². The number of methoxy groups -OCH3 is 2. The van der Waals surface area contributed by atoms with Crippen molar-refractivity contribution in [2.45, 2.75) is 29.7 Å². The lowest BCUT2D eigenvalue weighted by Gasteiger charge is -2.31. The molecule has 11 heteroatoms. The average molecular weight is 602 g/mol. The molecule has 1 N–H and O–H groups in total. The smallest absolute Gasteiger partial charge is 0.308 e. The molecule has 3 aromatic carbocycles. The van der Waals surface area contributed by atoms with Crippen molar-refractivity contribution in [3.8, 4) is 11.5 Å². The Hall–Kier alpha value is -4.35. The van der Waals surface area contributed by atoms with Crippen LogP contribution in [-0.2, 0) is 20.9 Å². The van der Waals surface area contributed by atoms with Gasteiger partial charge in [0.25, 0.3) is 0 Å². The molecule has 0 aliphatic carbocycles. The Bertz CT molecular complexity index is 1750. The first-order chi connectivity index (χ1) is 20.3. The van der Waals surface area contributed by atoms with Gasteiger partial charge in [-0.1, -0.05) is 65.1 Å². The van der Waals surface area contributed by atoms with Gasteiger partial charge in [-0.2, -0.15) is 0 Å². The Labute approximate surface area is 250 Å². The molecule has 0 bridgehead atoms. The van der Waals surface area contributed by atoms with E-state index in [9.17, 15) is 19.2 Å². The standard InChI is InChI=1S/C31H27N3O6S2/c1-17-9-12-20(13-10-17)34-28(36)25-24(18-11-14-21(39-2)22(15-18)40-3)27-30(41-26(25)29(34)37)33(31(38)42-27)16-23(35)32-19-7-5-4-6-8-19/h4-15,24-26H,16H2,1-3H3,(H,32,35)/t24-,25?,26?/m0/s1. The third kappa shape index (κ3) is 4.78. The molecule has 4 aromatic rings. The van der Waals surface area contributed by atoms with Crippen molar-refractivity contribution in [3.05, 3.63) is 98.5 Å². The molecule has 3 amide bonds. The summed E-state index contributed by atoms with van der Waals surface area (Å²) in [6.45, 7) is 1.71. The number of carbonyl (C=O) groups is 3. The van der Waals surface area contributed by atoms with E-state index >= 15 is 0 Å². The molecular formula is C31H27N3O6S2. The van der Waals surface area contributed by atoms with E-state index in [0.29, 0.717) is 38.3 Å². The van der Waals surface area contributed by atoms with Crippen LogP contribution in [0.1, 0.15) is 21.9 Å². The van der Waals surface area contributed by atoms with Crippen molar-refractivity contribution in [1.29, 1.82) is 0 Å². The summed E-state index contributed by atoms with van der Waals surface area (Å²) in [6.07, 6.45) is 0. The average Bonchev–Trinajstić information content (AvgIpc) is 3.44. The molecule has 0 radical (unpaired) electrons. The maximum absolute atomic E-state index is 14.1. The van der Waals surface area contributed by atoms with Crippen molar-refractivity contribution >= 4 is 52.2 Å². The number of nitrogens with one attached hydrogen (secondary N) is 1. The maximum atomic E-state index is 14.1. The number of thiazole rings is 1.